The van der Waals surface area contributed by atoms with Crippen LogP contribution in [0.5, 0.6) is 0 Å². The summed E-state index contributed by atoms with van der Waals surface area (Å²) in [5.74, 6) is -1.16. The first-order chi connectivity index (χ1) is 13.5. The molecule has 0 bridgehead atoms. The van der Waals surface area contributed by atoms with E-state index in [9.17, 15) is 13.6 Å². The van der Waals surface area contributed by atoms with E-state index >= 15 is 0 Å². The van der Waals surface area contributed by atoms with Gasteiger partial charge in [-0.15, -0.1) is 0 Å². The Balaban J connectivity index is 2.25. The van der Waals surface area contributed by atoms with Crippen LogP contribution >= 0.6 is 0 Å². The minimum atomic E-state index is -0.741. The summed E-state index contributed by atoms with van der Waals surface area (Å²) in [6.45, 7) is 2.63. The molecule has 0 saturated heterocycles. The van der Waals surface area contributed by atoms with Gasteiger partial charge in [-0.05, 0) is 68.5 Å². The van der Waals surface area contributed by atoms with Crippen LogP contribution < -0.4 is 11.1 Å². The Morgan fingerprint density at radius 2 is 1.89 bits per heavy atom. The van der Waals surface area contributed by atoms with Gasteiger partial charge in [0.25, 0.3) is 0 Å². The van der Waals surface area contributed by atoms with E-state index in [1.54, 1.807) is 0 Å². The summed E-state index contributed by atoms with van der Waals surface area (Å²) in [6.07, 6.45) is 2.75. The molecule has 28 heavy (non-hydrogen) atoms. The van der Waals surface area contributed by atoms with Crippen molar-refractivity contribution in [2.24, 2.45) is 5.73 Å². The molecule has 0 aliphatic carbocycles. The molecule has 0 saturated carbocycles. The lowest BCUT2D eigenvalue weighted by Gasteiger charge is -2.42. The van der Waals surface area contributed by atoms with Gasteiger partial charge in [-0.3, -0.25) is 4.79 Å². The van der Waals surface area contributed by atoms with Gasteiger partial charge in [-0.2, -0.15) is 0 Å². The highest BCUT2D eigenvalue weighted by Crippen LogP contribution is 2.43. The standard InChI is InChI=1S/C23H26F2N2O/c1-16(28)22-19(20-15-18(24)9-10-21(20)25)11-14-27-23(22,12-5-6-13-26)17-7-3-2-4-8-17/h2-4,7-10,15,27H,5-6,11-14,26H2,1H3. The Hall–Kier alpha value is -2.37. The van der Waals surface area contributed by atoms with E-state index in [1.807, 2.05) is 30.3 Å². The first-order valence-corrected chi connectivity index (χ1v) is 9.70. The monoisotopic (exact) mass is 384 g/mol. The highest BCUT2D eigenvalue weighted by molar-refractivity contribution is 6.04. The zero-order chi connectivity index (χ0) is 20.1. The van der Waals surface area contributed by atoms with Gasteiger partial charge in [0, 0.05) is 17.7 Å². The molecule has 2 aromatic carbocycles. The van der Waals surface area contributed by atoms with Gasteiger partial charge in [0.15, 0.2) is 5.78 Å². The van der Waals surface area contributed by atoms with Crippen LogP contribution in [-0.2, 0) is 10.3 Å². The summed E-state index contributed by atoms with van der Waals surface area (Å²) in [6, 6.07) is 13.1. The van der Waals surface area contributed by atoms with Crippen molar-refractivity contribution < 1.29 is 13.6 Å². The van der Waals surface area contributed by atoms with Gasteiger partial charge < -0.3 is 11.1 Å². The highest BCUT2D eigenvalue weighted by atomic mass is 19.1. The minimum Gasteiger partial charge on any atom is -0.330 e. The number of nitrogens with two attached hydrogens (primary N) is 1. The lowest BCUT2D eigenvalue weighted by atomic mass is 9.71. The number of hydrogen-bond acceptors (Lipinski definition) is 3. The second-order valence-electron chi connectivity index (χ2n) is 7.23. The number of halogens is 2. The quantitative estimate of drug-likeness (QED) is 0.699. The van der Waals surface area contributed by atoms with Gasteiger partial charge in [-0.25, -0.2) is 8.78 Å². The number of nitrogens with one attached hydrogen (secondary N) is 1. The highest BCUT2D eigenvalue weighted by Gasteiger charge is 2.42. The Morgan fingerprint density at radius 1 is 1.14 bits per heavy atom. The van der Waals surface area contributed by atoms with Gasteiger partial charge >= 0.3 is 0 Å². The van der Waals surface area contributed by atoms with Crippen molar-refractivity contribution >= 4 is 11.4 Å². The molecule has 0 fully saturated rings. The summed E-state index contributed by atoms with van der Waals surface area (Å²) < 4.78 is 28.5. The summed E-state index contributed by atoms with van der Waals surface area (Å²) in [5.41, 5.74) is 7.17. The van der Waals surface area contributed by atoms with Crippen molar-refractivity contribution in [3.05, 3.63) is 76.9 Å². The third-order valence-corrected chi connectivity index (χ3v) is 5.41. The van der Waals surface area contributed by atoms with E-state index in [0.29, 0.717) is 37.1 Å². The van der Waals surface area contributed by atoms with E-state index < -0.39 is 17.2 Å². The number of unbranched alkanes of at least 4 members (excludes halogenated alkanes) is 1. The Labute approximate surface area is 164 Å². The number of ketones is 1. The van der Waals surface area contributed by atoms with Crippen LogP contribution in [-0.4, -0.2) is 18.9 Å². The summed E-state index contributed by atoms with van der Waals surface area (Å²) in [4.78, 5) is 12.9. The largest absolute Gasteiger partial charge is 0.330 e. The number of carbonyl (C=O) groups is 1. The molecule has 1 atom stereocenters. The SMILES string of the molecule is CC(=O)C1=C(c2cc(F)ccc2F)CCNC1(CCCCN)c1ccccc1. The summed E-state index contributed by atoms with van der Waals surface area (Å²) in [5, 5.41) is 3.54. The maximum Gasteiger partial charge on any atom is 0.158 e. The molecule has 1 heterocycles. The maximum atomic E-state index is 14.6. The van der Waals surface area contributed by atoms with Crippen molar-refractivity contribution in [2.45, 2.75) is 38.1 Å². The van der Waals surface area contributed by atoms with E-state index in [4.69, 9.17) is 5.73 Å². The molecule has 148 valence electrons. The zero-order valence-corrected chi connectivity index (χ0v) is 16.1. The topological polar surface area (TPSA) is 55.1 Å². The molecule has 3 nitrogen and oxygen atoms in total. The second-order valence-corrected chi connectivity index (χ2v) is 7.23. The molecular weight excluding hydrogens is 358 g/mol. The Bertz CT molecular complexity index is 879. The van der Waals surface area contributed by atoms with Crippen LogP contribution in [0.2, 0.25) is 0 Å². The zero-order valence-electron chi connectivity index (χ0n) is 16.1. The molecule has 0 amide bonds. The van der Waals surface area contributed by atoms with Gasteiger partial charge in [0.05, 0.1) is 5.54 Å². The molecule has 3 N–H and O–H groups in total. The maximum absolute atomic E-state index is 14.6. The number of Topliss-reactive ketones (excluding diaryl/α,β-unsaturated/α-hetero) is 1. The Morgan fingerprint density at radius 3 is 2.57 bits per heavy atom. The van der Waals surface area contributed by atoms with Crippen molar-refractivity contribution in [2.75, 3.05) is 13.1 Å². The van der Waals surface area contributed by atoms with Crippen LogP contribution in [0.15, 0.2) is 54.1 Å². The number of rotatable bonds is 7. The van der Waals surface area contributed by atoms with E-state index in [1.165, 1.54) is 13.0 Å². The Kier molecular flexibility index (Phi) is 6.37. The van der Waals surface area contributed by atoms with E-state index in [2.05, 4.69) is 5.32 Å². The van der Waals surface area contributed by atoms with Crippen molar-refractivity contribution in [3.8, 4) is 0 Å². The molecule has 2 aromatic rings. The van der Waals surface area contributed by atoms with Gasteiger partial charge in [-0.1, -0.05) is 30.3 Å². The second kappa shape index (κ2) is 8.76. The fraction of sp³-hybridized carbons (Fsp3) is 0.348. The van der Waals surface area contributed by atoms with Gasteiger partial charge in [0.2, 0.25) is 0 Å². The van der Waals surface area contributed by atoms with Crippen LogP contribution in [0, 0.1) is 11.6 Å². The summed E-state index contributed by atoms with van der Waals surface area (Å²) in [7, 11) is 0. The third-order valence-electron chi connectivity index (χ3n) is 5.41. The molecule has 0 radical (unpaired) electrons. The molecule has 1 aliphatic heterocycles. The average molecular weight is 384 g/mol. The van der Waals surface area contributed by atoms with Crippen molar-refractivity contribution in [3.63, 3.8) is 0 Å². The first kappa shape index (κ1) is 20.4. The number of hydrogen-bond donors (Lipinski definition) is 2. The third kappa shape index (κ3) is 3.91. The molecule has 5 heteroatoms. The van der Waals surface area contributed by atoms with Crippen LogP contribution in [0.1, 0.15) is 43.7 Å². The molecular formula is C23H26F2N2O. The van der Waals surface area contributed by atoms with Gasteiger partial charge in [0.1, 0.15) is 11.6 Å². The predicted octanol–water partition coefficient (Wildman–Crippen LogP) is 4.33. The fourth-order valence-electron chi connectivity index (χ4n) is 4.24. The molecule has 3 rings (SSSR count). The molecule has 0 spiro atoms. The smallest absolute Gasteiger partial charge is 0.158 e. The fourth-order valence-corrected chi connectivity index (χ4v) is 4.24. The van der Waals surface area contributed by atoms with Crippen molar-refractivity contribution in [1.82, 2.24) is 5.32 Å². The minimum absolute atomic E-state index is 0.137. The average Bonchev–Trinajstić information content (AvgIpc) is 2.70. The summed E-state index contributed by atoms with van der Waals surface area (Å²) >= 11 is 0. The van der Waals surface area contributed by atoms with Crippen molar-refractivity contribution in [1.29, 1.82) is 0 Å². The number of benzene rings is 2. The van der Waals surface area contributed by atoms with Crippen LogP contribution in [0.4, 0.5) is 8.78 Å². The van der Waals surface area contributed by atoms with Crippen LogP contribution in [0.3, 0.4) is 0 Å². The number of carbonyl (C=O) groups excluding carboxylic acids is 1. The molecule has 1 unspecified atom stereocenters. The van der Waals surface area contributed by atoms with E-state index in [0.717, 1.165) is 30.5 Å². The van der Waals surface area contributed by atoms with E-state index in [-0.39, 0.29) is 11.3 Å². The normalized spacial score (nSPS) is 19.7. The predicted molar refractivity (Wildman–Crippen MR) is 108 cm³/mol. The lowest BCUT2D eigenvalue weighted by molar-refractivity contribution is -0.114. The van der Waals surface area contributed by atoms with Crippen LogP contribution in [0.25, 0.3) is 5.57 Å². The molecule has 1 aliphatic rings. The molecule has 0 aromatic heterocycles. The lowest BCUT2D eigenvalue weighted by Crippen LogP contribution is -2.49. The first-order valence-electron chi connectivity index (χ1n) is 9.70.